The minimum atomic E-state index is -0.241. The maximum absolute atomic E-state index is 7.41. The summed E-state index contributed by atoms with van der Waals surface area (Å²) in [6.45, 7) is 11.5. The van der Waals surface area contributed by atoms with Crippen LogP contribution in [0.3, 0.4) is 0 Å². The molecule has 0 bridgehead atoms. The first-order chi connectivity index (χ1) is 7.86. The van der Waals surface area contributed by atoms with Crippen LogP contribution in [-0.2, 0) is 0 Å². The first-order valence-corrected chi connectivity index (χ1v) is 5.76. The lowest BCUT2D eigenvalue weighted by atomic mass is 9.80. The zero-order chi connectivity index (χ0) is 13.6. The van der Waals surface area contributed by atoms with Gasteiger partial charge in [-0.3, -0.25) is 5.41 Å². The zero-order valence-electron chi connectivity index (χ0n) is 10.8. The lowest BCUT2D eigenvalue weighted by Gasteiger charge is -2.32. The highest BCUT2D eigenvalue weighted by Crippen LogP contribution is 2.19. The molecule has 0 fully saturated rings. The predicted octanol–water partition coefficient (Wildman–Crippen LogP) is 0.352. The fourth-order valence-electron chi connectivity index (χ4n) is 1.81. The SMILES string of the molecule is C=C[C@H](CN=C)[C@H](N)[C@@H](C)[C@@H](N)[C@H](C)C(=N)N. The molecule has 7 N–H and O–H groups in total. The third-order valence-electron chi connectivity index (χ3n) is 3.42. The Labute approximate surface area is 104 Å². The van der Waals surface area contributed by atoms with Crippen molar-refractivity contribution in [2.24, 2.45) is 39.9 Å². The molecule has 0 aromatic rings. The van der Waals surface area contributed by atoms with E-state index >= 15 is 0 Å². The van der Waals surface area contributed by atoms with E-state index in [-0.39, 0.29) is 35.7 Å². The normalized spacial score (nSPS) is 19.8. The van der Waals surface area contributed by atoms with Crippen LogP contribution < -0.4 is 17.2 Å². The predicted molar refractivity (Wildman–Crippen MR) is 74.3 cm³/mol. The summed E-state index contributed by atoms with van der Waals surface area (Å²) in [6.07, 6.45) is 1.78. The monoisotopic (exact) mass is 239 g/mol. The Morgan fingerprint density at radius 1 is 1.35 bits per heavy atom. The molecule has 0 aromatic heterocycles. The molecule has 0 saturated carbocycles. The third kappa shape index (κ3) is 4.28. The fourth-order valence-corrected chi connectivity index (χ4v) is 1.81. The van der Waals surface area contributed by atoms with Crippen LogP contribution in [0.4, 0.5) is 0 Å². The Morgan fingerprint density at radius 2 is 1.88 bits per heavy atom. The van der Waals surface area contributed by atoms with Gasteiger partial charge in [-0.25, -0.2) is 0 Å². The topological polar surface area (TPSA) is 114 Å². The number of hydrogen-bond donors (Lipinski definition) is 4. The molecule has 0 aliphatic carbocycles. The largest absolute Gasteiger partial charge is 0.387 e. The Kier molecular flexibility index (Phi) is 6.68. The van der Waals surface area contributed by atoms with Crippen molar-refractivity contribution in [3.63, 3.8) is 0 Å². The van der Waals surface area contributed by atoms with Crippen LogP contribution in [0.15, 0.2) is 17.6 Å². The van der Waals surface area contributed by atoms with Gasteiger partial charge in [0.1, 0.15) is 0 Å². The second-order valence-corrected chi connectivity index (χ2v) is 4.56. The minimum absolute atomic E-state index is 0.0265. The van der Waals surface area contributed by atoms with Crippen molar-refractivity contribution < 1.29 is 0 Å². The summed E-state index contributed by atoms with van der Waals surface area (Å²) in [6, 6.07) is -0.399. The molecule has 0 rings (SSSR count). The van der Waals surface area contributed by atoms with E-state index in [0.717, 1.165) is 0 Å². The van der Waals surface area contributed by atoms with Gasteiger partial charge in [0.15, 0.2) is 0 Å². The number of aliphatic imine (C=N–C) groups is 1. The van der Waals surface area contributed by atoms with Crippen molar-refractivity contribution >= 4 is 12.6 Å². The molecular weight excluding hydrogens is 214 g/mol. The Hall–Kier alpha value is -1.20. The first-order valence-electron chi connectivity index (χ1n) is 5.76. The summed E-state index contributed by atoms with van der Waals surface area (Å²) in [5, 5.41) is 7.41. The van der Waals surface area contributed by atoms with Gasteiger partial charge in [-0.1, -0.05) is 19.9 Å². The van der Waals surface area contributed by atoms with Crippen molar-refractivity contribution in [1.29, 1.82) is 5.41 Å². The molecule has 0 aromatic carbocycles. The van der Waals surface area contributed by atoms with E-state index in [1.807, 2.05) is 13.8 Å². The highest BCUT2D eigenvalue weighted by atomic mass is 14.8. The van der Waals surface area contributed by atoms with Crippen molar-refractivity contribution in [1.82, 2.24) is 0 Å². The van der Waals surface area contributed by atoms with Gasteiger partial charge in [-0.05, 0) is 12.6 Å². The molecule has 5 atom stereocenters. The lowest BCUT2D eigenvalue weighted by molar-refractivity contribution is 0.298. The molecule has 0 aliphatic heterocycles. The van der Waals surface area contributed by atoms with E-state index in [1.165, 1.54) is 0 Å². The highest BCUT2D eigenvalue weighted by Gasteiger charge is 2.29. The van der Waals surface area contributed by atoms with Gasteiger partial charge in [0.05, 0.1) is 5.84 Å². The number of rotatable bonds is 8. The second kappa shape index (κ2) is 7.19. The maximum Gasteiger partial charge on any atom is 0.0949 e. The Bertz CT molecular complexity index is 276. The number of nitrogens with one attached hydrogen (secondary N) is 1. The first kappa shape index (κ1) is 15.8. The third-order valence-corrected chi connectivity index (χ3v) is 3.42. The smallest absolute Gasteiger partial charge is 0.0949 e. The van der Waals surface area contributed by atoms with Crippen LogP contribution in [0.2, 0.25) is 0 Å². The van der Waals surface area contributed by atoms with Crippen molar-refractivity contribution in [2.75, 3.05) is 6.54 Å². The fraction of sp³-hybridized carbons (Fsp3) is 0.667. The lowest BCUT2D eigenvalue weighted by Crippen LogP contribution is -2.50. The highest BCUT2D eigenvalue weighted by molar-refractivity contribution is 5.79. The summed E-state index contributed by atoms with van der Waals surface area (Å²) in [7, 11) is 0. The van der Waals surface area contributed by atoms with Gasteiger partial charge >= 0.3 is 0 Å². The van der Waals surface area contributed by atoms with E-state index in [2.05, 4.69) is 18.3 Å². The maximum atomic E-state index is 7.41. The molecule has 0 amide bonds. The zero-order valence-corrected chi connectivity index (χ0v) is 10.8. The van der Waals surface area contributed by atoms with Gasteiger partial charge < -0.3 is 22.2 Å². The molecule has 0 aliphatic rings. The van der Waals surface area contributed by atoms with E-state index in [0.29, 0.717) is 6.54 Å². The minimum Gasteiger partial charge on any atom is -0.387 e. The van der Waals surface area contributed by atoms with Crippen LogP contribution in [0.5, 0.6) is 0 Å². The molecule has 0 saturated heterocycles. The van der Waals surface area contributed by atoms with Gasteiger partial charge in [0.25, 0.3) is 0 Å². The van der Waals surface area contributed by atoms with Crippen LogP contribution in [0.25, 0.3) is 0 Å². The Morgan fingerprint density at radius 3 is 2.24 bits per heavy atom. The Balaban J connectivity index is 4.66. The second-order valence-electron chi connectivity index (χ2n) is 4.56. The molecule has 98 valence electrons. The summed E-state index contributed by atoms with van der Waals surface area (Å²) in [5.41, 5.74) is 17.7. The van der Waals surface area contributed by atoms with Gasteiger partial charge in [-0.2, -0.15) is 0 Å². The molecular formula is C12H25N5. The quantitative estimate of drug-likeness (QED) is 0.278. The number of hydrogen-bond acceptors (Lipinski definition) is 4. The van der Waals surface area contributed by atoms with E-state index < -0.39 is 0 Å². The van der Waals surface area contributed by atoms with Gasteiger partial charge in [0, 0.05) is 30.5 Å². The molecule has 0 unspecified atom stereocenters. The van der Waals surface area contributed by atoms with Crippen molar-refractivity contribution in [2.45, 2.75) is 25.9 Å². The summed E-state index contributed by atoms with van der Waals surface area (Å²) in [5.74, 6) is -0.0156. The van der Waals surface area contributed by atoms with Crippen LogP contribution in [-0.4, -0.2) is 31.2 Å². The summed E-state index contributed by atoms with van der Waals surface area (Å²) < 4.78 is 0. The number of amidine groups is 1. The van der Waals surface area contributed by atoms with Crippen LogP contribution in [0, 0.1) is 23.2 Å². The molecule has 0 heterocycles. The van der Waals surface area contributed by atoms with E-state index in [1.54, 1.807) is 6.08 Å². The van der Waals surface area contributed by atoms with Crippen molar-refractivity contribution in [3.05, 3.63) is 12.7 Å². The average molecular weight is 239 g/mol. The summed E-state index contributed by atoms with van der Waals surface area (Å²) in [4.78, 5) is 3.84. The van der Waals surface area contributed by atoms with Crippen LogP contribution in [0.1, 0.15) is 13.8 Å². The van der Waals surface area contributed by atoms with Crippen LogP contribution >= 0.6 is 0 Å². The van der Waals surface area contributed by atoms with E-state index in [4.69, 9.17) is 22.6 Å². The molecule has 0 radical (unpaired) electrons. The average Bonchev–Trinajstić information content (AvgIpc) is 2.32. The van der Waals surface area contributed by atoms with Gasteiger partial charge in [0.2, 0.25) is 0 Å². The molecule has 5 heteroatoms. The summed E-state index contributed by atoms with van der Waals surface area (Å²) >= 11 is 0. The van der Waals surface area contributed by atoms with Crippen molar-refractivity contribution in [3.8, 4) is 0 Å². The standard InChI is InChI=1S/C12H25N5/c1-5-9(6-17-4)11(14)7(2)10(13)8(3)12(15)16/h5,7-11H,1,4,6,13-14H2,2-3H3,(H3,15,16)/t7-,8-,9+,10+,11+/m0/s1. The molecule has 0 spiro atoms. The number of nitrogens with two attached hydrogens (primary N) is 3. The van der Waals surface area contributed by atoms with E-state index in [9.17, 15) is 0 Å². The van der Waals surface area contributed by atoms with Gasteiger partial charge in [-0.15, -0.1) is 6.58 Å². The molecule has 17 heavy (non-hydrogen) atoms. The molecule has 5 nitrogen and oxygen atoms in total. The number of nitrogens with zero attached hydrogens (tertiary/aromatic N) is 1.